The minimum absolute atomic E-state index is 0.0686. The van der Waals surface area contributed by atoms with Gasteiger partial charge in [0.15, 0.2) is 0 Å². The SMILES string of the molecule is CCC(CC)n1c(=O)c2c(CCC3CCCCC3)cc3c4cc(CCC5CCCCC5)c5c(=O)nc6[nH]c7ccc(C(C)(C)C)cc7c7cc(c8cc(CCC9CCCCC9)c(c1=O)c2c38)c4c5c67. The number of nitrogens with zero attached hydrogens (tertiary/aromatic N) is 2. The lowest BCUT2D eigenvalue weighted by molar-refractivity contribution is 0.339. The number of hydrogen-bond donors (Lipinski definition) is 1. The summed E-state index contributed by atoms with van der Waals surface area (Å²) in [5.41, 5.74) is 5.75. The predicted molar refractivity (Wildman–Crippen MR) is 292 cm³/mol. The second-order valence-electron chi connectivity index (χ2n) is 23.7. The molecule has 12 rings (SSSR count). The van der Waals surface area contributed by atoms with Gasteiger partial charge in [-0.25, -0.2) is 0 Å². The second kappa shape index (κ2) is 17.6. The van der Waals surface area contributed by atoms with Gasteiger partial charge in [0.25, 0.3) is 16.7 Å². The first kappa shape index (κ1) is 45.1. The van der Waals surface area contributed by atoms with Crippen LogP contribution in [0.2, 0.25) is 0 Å². The van der Waals surface area contributed by atoms with E-state index in [1.807, 2.05) is 0 Å². The van der Waals surface area contributed by atoms with Crippen LogP contribution in [0.5, 0.6) is 0 Å². The van der Waals surface area contributed by atoms with E-state index in [2.05, 4.69) is 82.1 Å². The molecule has 6 aromatic carbocycles. The van der Waals surface area contributed by atoms with E-state index in [4.69, 9.17) is 4.98 Å². The molecule has 9 aromatic rings. The largest absolute Gasteiger partial charge is 0.339 e. The van der Waals surface area contributed by atoms with Crippen molar-refractivity contribution in [2.75, 3.05) is 0 Å². The molecule has 0 bridgehead atoms. The Kier molecular flexibility index (Phi) is 11.5. The van der Waals surface area contributed by atoms with Gasteiger partial charge in [-0.2, -0.15) is 4.98 Å². The number of nitrogens with one attached hydrogen (secondary N) is 1. The van der Waals surface area contributed by atoms with Crippen LogP contribution < -0.4 is 16.7 Å². The molecule has 3 aromatic heterocycles. The summed E-state index contributed by atoms with van der Waals surface area (Å²) in [6, 6.07) is 16.2. The maximum atomic E-state index is 15.6. The molecule has 0 unspecified atom stereocenters. The Hall–Kier alpha value is -5.10. The third kappa shape index (κ3) is 7.45. The van der Waals surface area contributed by atoms with E-state index in [-0.39, 0.29) is 28.1 Å². The van der Waals surface area contributed by atoms with Gasteiger partial charge < -0.3 is 4.98 Å². The number of benzene rings is 6. The first-order valence-electron chi connectivity index (χ1n) is 27.8. The summed E-state index contributed by atoms with van der Waals surface area (Å²) in [6.45, 7) is 11.1. The van der Waals surface area contributed by atoms with Crippen LogP contribution in [0.25, 0.3) is 86.6 Å². The van der Waals surface area contributed by atoms with Gasteiger partial charge in [-0.3, -0.25) is 19.0 Å². The Morgan fingerprint density at radius 2 is 0.957 bits per heavy atom. The van der Waals surface area contributed by atoms with E-state index in [1.165, 1.54) is 102 Å². The van der Waals surface area contributed by atoms with Crippen LogP contribution in [0.1, 0.15) is 191 Å². The fourth-order valence-corrected chi connectivity index (χ4v) is 14.7. The van der Waals surface area contributed by atoms with E-state index in [9.17, 15) is 4.79 Å². The first-order valence-corrected chi connectivity index (χ1v) is 27.8. The molecule has 0 saturated heterocycles. The van der Waals surface area contributed by atoms with Crippen LogP contribution in [-0.4, -0.2) is 14.5 Å². The molecule has 3 aliphatic rings. The fourth-order valence-electron chi connectivity index (χ4n) is 14.7. The molecule has 3 fully saturated rings. The number of H-pyrrole nitrogens is 1. The highest BCUT2D eigenvalue weighted by molar-refractivity contribution is 6.43. The van der Waals surface area contributed by atoms with Gasteiger partial charge in [-0.15, -0.1) is 0 Å². The highest BCUT2D eigenvalue weighted by atomic mass is 16.2. The van der Waals surface area contributed by atoms with E-state index in [0.29, 0.717) is 23.4 Å². The van der Waals surface area contributed by atoms with Crippen molar-refractivity contribution in [2.45, 2.75) is 194 Å². The molecule has 0 radical (unpaired) electrons. The average molecular weight is 920 g/mol. The number of aromatic amines is 1. The van der Waals surface area contributed by atoms with Crippen molar-refractivity contribution in [3.8, 4) is 0 Å². The molecule has 1 N–H and O–H groups in total. The van der Waals surface area contributed by atoms with E-state index in [1.54, 1.807) is 4.57 Å². The normalized spacial score (nSPS) is 17.7. The minimum Gasteiger partial charge on any atom is -0.339 e. The van der Waals surface area contributed by atoms with Gasteiger partial charge in [0.2, 0.25) is 0 Å². The quantitative estimate of drug-likeness (QED) is 0.0977. The molecule has 0 amide bonds. The third-order valence-corrected chi connectivity index (χ3v) is 18.5. The van der Waals surface area contributed by atoms with Crippen molar-refractivity contribution < 1.29 is 0 Å². The van der Waals surface area contributed by atoms with Crippen molar-refractivity contribution in [3.63, 3.8) is 0 Å². The van der Waals surface area contributed by atoms with Crippen LogP contribution >= 0.6 is 0 Å². The summed E-state index contributed by atoms with van der Waals surface area (Å²) in [6.07, 6.45) is 26.2. The van der Waals surface area contributed by atoms with Gasteiger partial charge in [0.05, 0.1) is 16.2 Å². The lowest BCUT2D eigenvalue weighted by Crippen LogP contribution is -2.37. The average Bonchev–Trinajstić information content (AvgIpc) is 3.36. The van der Waals surface area contributed by atoms with Crippen molar-refractivity contribution in [1.82, 2.24) is 14.5 Å². The van der Waals surface area contributed by atoms with Crippen LogP contribution in [0.4, 0.5) is 0 Å². The van der Waals surface area contributed by atoms with Gasteiger partial charge in [-0.1, -0.05) is 137 Å². The molecular weight excluding hydrogens is 847 g/mol. The lowest BCUT2D eigenvalue weighted by atomic mass is 9.78. The van der Waals surface area contributed by atoms with Gasteiger partial charge in [-0.05, 0) is 171 Å². The van der Waals surface area contributed by atoms with Crippen LogP contribution in [0.3, 0.4) is 0 Å². The Bertz CT molecular complexity index is 3550. The minimum atomic E-state index is -0.158. The molecule has 358 valence electrons. The number of aromatic nitrogens is 3. The summed E-state index contributed by atoms with van der Waals surface area (Å²) in [4.78, 5) is 54.8. The summed E-state index contributed by atoms with van der Waals surface area (Å²) in [5.74, 6) is 1.94. The van der Waals surface area contributed by atoms with E-state index >= 15 is 9.59 Å². The molecule has 69 heavy (non-hydrogen) atoms. The number of fused-ring (bicyclic) bond motifs is 4. The van der Waals surface area contributed by atoms with Gasteiger partial charge >= 0.3 is 0 Å². The van der Waals surface area contributed by atoms with Crippen molar-refractivity contribution in [1.29, 1.82) is 0 Å². The smallest absolute Gasteiger partial charge is 0.279 e. The first-order chi connectivity index (χ1) is 33.5. The van der Waals surface area contributed by atoms with Crippen molar-refractivity contribution >= 4 is 86.6 Å². The van der Waals surface area contributed by atoms with Crippen molar-refractivity contribution in [2.24, 2.45) is 17.8 Å². The third-order valence-electron chi connectivity index (χ3n) is 18.5. The summed E-state index contributed by atoms with van der Waals surface area (Å²) in [7, 11) is 0. The number of hydrogen-bond acceptors (Lipinski definition) is 4. The molecule has 0 spiro atoms. The molecule has 3 saturated carbocycles. The molecule has 0 aliphatic heterocycles. The predicted octanol–water partition coefficient (Wildman–Crippen LogP) is 16.0. The standard InChI is InChI=1S/C63H73N3O3/c1-6-43(7-2)66-61(68)52-40(27-24-37-19-13-9-14-20-37)32-46-45-31-39(26-23-36-17-11-8-12-18-36)51-57-55(45)49(47-33-41(28-25-38-21-15-10-16-22-38)53(62(66)69)58(52)54(46)47)35-48-44-34-42(63(3,4)5)29-30-50(44)64-59(56(48)57)65-60(51)67/h29-38,43H,6-28H2,1-5H3,(H,64,65,67). The molecule has 6 nitrogen and oxygen atoms in total. The van der Waals surface area contributed by atoms with Gasteiger partial charge in [0, 0.05) is 33.1 Å². The van der Waals surface area contributed by atoms with Crippen molar-refractivity contribution in [3.05, 3.63) is 95.8 Å². The van der Waals surface area contributed by atoms with E-state index < -0.39 is 0 Å². The summed E-state index contributed by atoms with van der Waals surface area (Å²) in [5, 5.41) is 14.3. The Labute approximate surface area is 406 Å². The fraction of sp³-hybridized carbons (Fsp3) is 0.524. The molecule has 3 aliphatic carbocycles. The zero-order chi connectivity index (χ0) is 47.3. The topological polar surface area (TPSA) is 84.8 Å². The zero-order valence-corrected chi connectivity index (χ0v) is 42.2. The van der Waals surface area contributed by atoms with Gasteiger partial charge in [0.1, 0.15) is 5.65 Å². The highest BCUT2D eigenvalue weighted by Crippen LogP contribution is 2.50. The Morgan fingerprint density at radius 3 is 1.42 bits per heavy atom. The lowest BCUT2D eigenvalue weighted by Gasteiger charge is -2.26. The number of aryl methyl sites for hydroxylation is 3. The highest BCUT2D eigenvalue weighted by Gasteiger charge is 2.31. The molecule has 6 heteroatoms. The Balaban J connectivity index is 1.26. The van der Waals surface area contributed by atoms with E-state index in [0.717, 1.165) is 149 Å². The van der Waals surface area contributed by atoms with Crippen LogP contribution in [-0.2, 0) is 24.7 Å². The molecule has 3 heterocycles. The molecular formula is C63H73N3O3. The summed E-state index contributed by atoms with van der Waals surface area (Å²) < 4.78 is 1.70. The maximum Gasteiger partial charge on any atom is 0.279 e. The Morgan fingerprint density at radius 1 is 0.522 bits per heavy atom. The van der Waals surface area contributed by atoms with Crippen LogP contribution in [0.15, 0.2) is 56.8 Å². The number of pyridine rings is 3. The maximum absolute atomic E-state index is 15.6. The molecule has 0 atom stereocenters. The monoisotopic (exact) mass is 920 g/mol. The number of rotatable bonds is 12. The van der Waals surface area contributed by atoms with Crippen LogP contribution in [0, 0.1) is 17.8 Å². The summed E-state index contributed by atoms with van der Waals surface area (Å²) >= 11 is 0. The second-order valence-corrected chi connectivity index (χ2v) is 23.7. The zero-order valence-electron chi connectivity index (χ0n) is 42.2.